The zero-order valence-electron chi connectivity index (χ0n) is 14.6. The highest BCUT2D eigenvalue weighted by Crippen LogP contribution is 2.25. The van der Waals surface area contributed by atoms with Gasteiger partial charge in [0.25, 0.3) is 5.69 Å². The van der Waals surface area contributed by atoms with E-state index in [0.29, 0.717) is 5.69 Å². The van der Waals surface area contributed by atoms with E-state index >= 15 is 0 Å². The van der Waals surface area contributed by atoms with E-state index < -0.39 is 27.4 Å². The molecule has 0 aromatic heterocycles. The molecule has 0 heterocycles. The van der Waals surface area contributed by atoms with Crippen molar-refractivity contribution in [3.8, 4) is 0 Å². The highest BCUT2D eigenvalue weighted by Gasteiger charge is 2.23. The van der Waals surface area contributed by atoms with Gasteiger partial charge in [-0.05, 0) is 37.1 Å². The molecule has 0 aliphatic carbocycles. The molecule has 2 aromatic rings. The van der Waals surface area contributed by atoms with Crippen molar-refractivity contribution in [2.45, 2.75) is 13.8 Å². The zero-order valence-corrected chi connectivity index (χ0v) is 15.4. The zero-order chi connectivity index (χ0) is 19.5. The lowest BCUT2D eigenvalue weighted by atomic mass is 10.1. The fourth-order valence-electron chi connectivity index (χ4n) is 2.42. The van der Waals surface area contributed by atoms with Crippen LogP contribution in [0.25, 0.3) is 0 Å². The Morgan fingerprint density at radius 3 is 2.46 bits per heavy atom. The summed E-state index contributed by atoms with van der Waals surface area (Å²) in [4.78, 5) is 22.6. The van der Waals surface area contributed by atoms with Crippen LogP contribution >= 0.6 is 0 Å². The van der Waals surface area contributed by atoms with Gasteiger partial charge in [-0.2, -0.15) is 0 Å². The number of carbonyl (C=O) groups excluding carboxylic acids is 1. The molecule has 0 atom stereocenters. The molecule has 8 nitrogen and oxygen atoms in total. The largest absolute Gasteiger partial charge is 0.324 e. The summed E-state index contributed by atoms with van der Waals surface area (Å²) in [6.45, 7) is 3.19. The molecular weight excluding hydrogens is 358 g/mol. The predicted molar refractivity (Wildman–Crippen MR) is 99.8 cm³/mol. The molecule has 0 spiro atoms. The molecule has 0 aliphatic rings. The molecule has 9 heteroatoms. The van der Waals surface area contributed by atoms with E-state index in [1.807, 2.05) is 13.0 Å². The minimum Gasteiger partial charge on any atom is -0.324 e. The van der Waals surface area contributed by atoms with Gasteiger partial charge >= 0.3 is 0 Å². The summed E-state index contributed by atoms with van der Waals surface area (Å²) in [6.07, 6.45) is 1.02. The molecule has 0 saturated carbocycles. The molecule has 0 aliphatic heterocycles. The second kappa shape index (κ2) is 7.52. The number of aryl methyl sites for hydroxylation is 1. The number of carbonyl (C=O) groups is 1. The van der Waals surface area contributed by atoms with Crippen LogP contribution in [0.15, 0.2) is 42.5 Å². The summed E-state index contributed by atoms with van der Waals surface area (Å²) in [5, 5.41) is 13.3. The van der Waals surface area contributed by atoms with Gasteiger partial charge in [-0.3, -0.25) is 19.2 Å². The summed E-state index contributed by atoms with van der Waals surface area (Å²) in [5.74, 6) is -0.600. The SMILES string of the molecule is Cc1cccc(N(CC(=O)Nc2cccc([N+](=O)[O-])c2)S(C)(=O)=O)c1C. The number of nitrogens with zero attached hydrogens (tertiary/aromatic N) is 2. The van der Waals surface area contributed by atoms with Crippen molar-refractivity contribution in [3.05, 3.63) is 63.7 Å². The number of rotatable bonds is 6. The molecular formula is C17H19N3O5S. The van der Waals surface area contributed by atoms with Crippen LogP contribution in [-0.4, -0.2) is 32.0 Å². The van der Waals surface area contributed by atoms with E-state index in [2.05, 4.69) is 5.32 Å². The quantitative estimate of drug-likeness (QED) is 0.615. The monoisotopic (exact) mass is 377 g/mol. The Balaban J connectivity index is 2.27. The van der Waals surface area contributed by atoms with Gasteiger partial charge in [0, 0.05) is 17.8 Å². The van der Waals surface area contributed by atoms with Crippen molar-refractivity contribution in [2.24, 2.45) is 0 Å². The first-order valence-corrected chi connectivity index (χ1v) is 9.52. The summed E-state index contributed by atoms with van der Waals surface area (Å²) < 4.78 is 25.4. The smallest absolute Gasteiger partial charge is 0.271 e. The lowest BCUT2D eigenvalue weighted by molar-refractivity contribution is -0.384. The van der Waals surface area contributed by atoms with Crippen LogP contribution in [0.3, 0.4) is 0 Å². The predicted octanol–water partition coefficient (Wildman–Crippen LogP) is 2.62. The molecule has 1 amide bonds. The number of anilines is 2. The first-order chi connectivity index (χ1) is 12.1. The van der Waals surface area contributed by atoms with Crippen LogP contribution in [0.2, 0.25) is 0 Å². The van der Waals surface area contributed by atoms with Gasteiger partial charge < -0.3 is 5.32 Å². The van der Waals surface area contributed by atoms with Crippen LogP contribution < -0.4 is 9.62 Å². The fourth-order valence-corrected chi connectivity index (χ4v) is 3.32. The van der Waals surface area contributed by atoms with Crippen molar-refractivity contribution in [3.63, 3.8) is 0 Å². The van der Waals surface area contributed by atoms with Crippen molar-refractivity contribution in [1.29, 1.82) is 0 Å². The molecule has 0 unspecified atom stereocenters. The molecule has 0 radical (unpaired) electrons. The van der Waals surface area contributed by atoms with Gasteiger partial charge in [0.2, 0.25) is 15.9 Å². The number of nitrogens with one attached hydrogen (secondary N) is 1. The van der Waals surface area contributed by atoms with E-state index in [-0.39, 0.29) is 11.4 Å². The Labute approximate surface area is 151 Å². The third kappa shape index (κ3) is 4.57. The van der Waals surface area contributed by atoms with Crippen molar-refractivity contribution in [1.82, 2.24) is 0 Å². The lowest BCUT2D eigenvalue weighted by Gasteiger charge is -2.24. The van der Waals surface area contributed by atoms with Gasteiger partial charge in [-0.25, -0.2) is 8.42 Å². The Morgan fingerprint density at radius 2 is 1.85 bits per heavy atom. The van der Waals surface area contributed by atoms with Crippen molar-refractivity contribution in [2.75, 3.05) is 22.4 Å². The molecule has 2 rings (SSSR count). The average Bonchev–Trinajstić information content (AvgIpc) is 2.55. The Bertz CT molecular complexity index is 957. The van der Waals surface area contributed by atoms with Crippen molar-refractivity contribution >= 4 is 33.0 Å². The lowest BCUT2D eigenvalue weighted by Crippen LogP contribution is -2.38. The number of hydrogen-bond acceptors (Lipinski definition) is 5. The summed E-state index contributed by atoms with van der Waals surface area (Å²) >= 11 is 0. The van der Waals surface area contributed by atoms with Crippen LogP contribution in [0.5, 0.6) is 0 Å². The average molecular weight is 377 g/mol. The number of non-ortho nitro benzene ring substituents is 1. The number of nitro benzene ring substituents is 1. The van der Waals surface area contributed by atoms with Gasteiger partial charge in [-0.1, -0.05) is 18.2 Å². The van der Waals surface area contributed by atoms with Crippen LogP contribution in [-0.2, 0) is 14.8 Å². The normalized spacial score (nSPS) is 11.0. The Kier molecular flexibility index (Phi) is 5.61. The molecule has 138 valence electrons. The second-order valence-electron chi connectivity index (χ2n) is 5.84. The Hall–Kier alpha value is -2.94. The van der Waals surface area contributed by atoms with Crippen LogP contribution in [0.4, 0.5) is 17.1 Å². The van der Waals surface area contributed by atoms with Gasteiger partial charge in [0.15, 0.2) is 0 Å². The topological polar surface area (TPSA) is 110 Å². The van der Waals surface area contributed by atoms with Crippen LogP contribution in [0.1, 0.15) is 11.1 Å². The minimum atomic E-state index is -3.70. The van der Waals surface area contributed by atoms with Crippen LogP contribution in [0, 0.1) is 24.0 Å². The standard InChI is InChI=1S/C17H19N3O5S/c1-12-6-4-9-16(13(12)2)19(26(3,24)25)11-17(21)18-14-7-5-8-15(10-14)20(22)23/h4-10H,11H2,1-3H3,(H,18,21). The Morgan fingerprint density at radius 1 is 1.19 bits per heavy atom. The first-order valence-electron chi connectivity index (χ1n) is 7.68. The number of sulfonamides is 1. The van der Waals surface area contributed by atoms with Crippen molar-refractivity contribution < 1.29 is 18.1 Å². The summed E-state index contributed by atoms with van der Waals surface area (Å²) in [5.41, 5.74) is 2.12. The maximum Gasteiger partial charge on any atom is 0.271 e. The number of nitro groups is 1. The van der Waals surface area contributed by atoms with E-state index in [9.17, 15) is 23.3 Å². The number of benzene rings is 2. The molecule has 0 bridgehead atoms. The third-order valence-electron chi connectivity index (χ3n) is 3.87. The maximum absolute atomic E-state index is 12.3. The molecule has 0 fully saturated rings. The summed E-state index contributed by atoms with van der Waals surface area (Å²) in [7, 11) is -3.70. The molecule has 1 N–H and O–H groups in total. The van der Waals surface area contributed by atoms with E-state index in [1.165, 1.54) is 24.3 Å². The molecule has 26 heavy (non-hydrogen) atoms. The number of hydrogen-bond donors (Lipinski definition) is 1. The highest BCUT2D eigenvalue weighted by atomic mass is 32.2. The van der Waals surface area contributed by atoms with Gasteiger partial charge in [0.05, 0.1) is 16.9 Å². The minimum absolute atomic E-state index is 0.169. The maximum atomic E-state index is 12.3. The molecule has 2 aromatic carbocycles. The number of amides is 1. The highest BCUT2D eigenvalue weighted by molar-refractivity contribution is 7.92. The first kappa shape index (κ1) is 19.4. The van der Waals surface area contributed by atoms with E-state index in [4.69, 9.17) is 0 Å². The summed E-state index contributed by atoms with van der Waals surface area (Å²) in [6, 6.07) is 10.6. The molecule has 0 saturated heterocycles. The van der Waals surface area contributed by atoms with E-state index in [0.717, 1.165) is 21.7 Å². The van der Waals surface area contributed by atoms with E-state index in [1.54, 1.807) is 19.1 Å². The third-order valence-corrected chi connectivity index (χ3v) is 5.00. The fraction of sp³-hybridized carbons (Fsp3) is 0.235. The van der Waals surface area contributed by atoms with Gasteiger partial charge in [-0.15, -0.1) is 0 Å². The van der Waals surface area contributed by atoms with Gasteiger partial charge in [0.1, 0.15) is 6.54 Å². The second-order valence-corrected chi connectivity index (χ2v) is 7.75.